The predicted molar refractivity (Wildman–Crippen MR) is 109 cm³/mol. The average Bonchev–Trinajstić information content (AvgIpc) is 3.20. The lowest BCUT2D eigenvalue weighted by Gasteiger charge is -2.20. The molecule has 0 radical (unpaired) electrons. The molecule has 0 aliphatic heterocycles. The Morgan fingerprint density at radius 2 is 1.63 bits per heavy atom. The number of guanidine groups is 1. The fourth-order valence-electron chi connectivity index (χ4n) is 2.99. The summed E-state index contributed by atoms with van der Waals surface area (Å²) in [5.41, 5.74) is 3.51. The molecule has 27 heavy (non-hydrogen) atoms. The van der Waals surface area contributed by atoms with Crippen LogP contribution in [0.25, 0.3) is 0 Å². The summed E-state index contributed by atoms with van der Waals surface area (Å²) < 4.78 is 5.32. The van der Waals surface area contributed by atoms with Crippen LogP contribution in [0.4, 0.5) is 0 Å². The molecule has 2 N–H and O–H groups in total. The van der Waals surface area contributed by atoms with Crippen LogP contribution in [0.3, 0.4) is 0 Å². The molecule has 140 valence electrons. The Morgan fingerprint density at radius 3 is 2.15 bits per heavy atom. The van der Waals surface area contributed by atoms with Crippen molar-refractivity contribution in [2.75, 3.05) is 13.6 Å². The second kappa shape index (κ2) is 9.57. The molecule has 0 amide bonds. The molecule has 3 aromatic rings. The quantitative estimate of drug-likeness (QED) is 0.496. The number of aromatic nitrogens is 1. The third-order valence-corrected chi connectivity index (χ3v) is 4.50. The minimum Gasteiger partial charge on any atom is -0.359 e. The van der Waals surface area contributed by atoms with Crippen molar-refractivity contribution in [3.63, 3.8) is 0 Å². The van der Waals surface area contributed by atoms with Crippen LogP contribution in [-0.2, 0) is 13.0 Å². The van der Waals surface area contributed by atoms with Crippen molar-refractivity contribution in [3.05, 3.63) is 89.3 Å². The third kappa shape index (κ3) is 5.20. The molecule has 2 aromatic carbocycles. The summed E-state index contributed by atoms with van der Waals surface area (Å²) in [6.45, 7) is 3.35. The zero-order chi connectivity index (χ0) is 18.9. The first kappa shape index (κ1) is 18.7. The van der Waals surface area contributed by atoms with Gasteiger partial charge in [0.05, 0.1) is 12.2 Å². The highest BCUT2D eigenvalue weighted by molar-refractivity contribution is 5.79. The molecule has 0 bridgehead atoms. The number of hydrogen-bond donors (Lipinski definition) is 2. The highest BCUT2D eigenvalue weighted by atomic mass is 16.5. The zero-order valence-corrected chi connectivity index (χ0v) is 15.9. The lowest BCUT2D eigenvalue weighted by molar-refractivity contribution is 0.374. The summed E-state index contributed by atoms with van der Waals surface area (Å²) in [7, 11) is 1.77. The van der Waals surface area contributed by atoms with E-state index in [0.29, 0.717) is 6.54 Å². The molecule has 0 atom stereocenters. The van der Waals surface area contributed by atoms with Gasteiger partial charge in [0, 0.05) is 25.6 Å². The molecule has 5 heteroatoms. The van der Waals surface area contributed by atoms with Crippen molar-refractivity contribution >= 4 is 5.96 Å². The van der Waals surface area contributed by atoms with E-state index in [9.17, 15) is 0 Å². The van der Waals surface area contributed by atoms with Gasteiger partial charge < -0.3 is 15.2 Å². The number of aryl methyl sites for hydroxylation is 1. The summed E-state index contributed by atoms with van der Waals surface area (Å²) in [6.07, 6.45) is 0.867. The lowest BCUT2D eigenvalue weighted by atomic mass is 9.91. The summed E-state index contributed by atoms with van der Waals surface area (Å²) in [5, 5.41) is 10.7. The van der Waals surface area contributed by atoms with Crippen LogP contribution in [0.1, 0.15) is 35.4 Å². The number of rotatable bonds is 7. The van der Waals surface area contributed by atoms with Crippen LogP contribution in [-0.4, -0.2) is 24.7 Å². The minimum absolute atomic E-state index is 0.239. The molecule has 3 rings (SSSR count). The highest BCUT2D eigenvalue weighted by Gasteiger charge is 2.14. The van der Waals surface area contributed by atoms with Gasteiger partial charge in [-0.3, -0.25) is 4.99 Å². The number of nitrogens with zero attached hydrogens (tertiary/aromatic N) is 2. The van der Waals surface area contributed by atoms with Crippen LogP contribution in [0.5, 0.6) is 0 Å². The largest absolute Gasteiger partial charge is 0.359 e. The van der Waals surface area contributed by atoms with Gasteiger partial charge in [0.25, 0.3) is 0 Å². The first-order valence-corrected chi connectivity index (χ1v) is 9.29. The molecule has 1 aromatic heterocycles. The molecule has 1 heterocycles. The van der Waals surface area contributed by atoms with Gasteiger partial charge in [-0.25, -0.2) is 0 Å². The van der Waals surface area contributed by atoms with Crippen molar-refractivity contribution in [1.29, 1.82) is 0 Å². The molecule has 5 nitrogen and oxygen atoms in total. The van der Waals surface area contributed by atoms with Crippen LogP contribution >= 0.6 is 0 Å². The monoisotopic (exact) mass is 362 g/mol. The van der Waals surface area contributed by atoms with Gasteiger partial charge in [0.1, 0.15) is 0 Å². The Labute approximate surface area is 160 Å². The van der Waals surface area contributed by atoms with E-state index in [0.717, 1.165) is 30.4 Å². The highest BCUT2D eigenvalue weighted by Crippen LogP contribution is 2.23. The summed E-state index contributed by atoms with van der Waals surface area (Å²) in [4.78, 5) is 4.32. The van der Waals surface area contributed by atoms with Gasteiger partial charge in [-0.1, -0.05) is 72.7 Å². The van der Waals surface area contributed by atoms with Crippen molar-refractivity contribution in [1.82, 2.24) is 15.8 Å². The molecule has 0 saturated heterocycles. The predicted octanol–water partition coefficient (Wildman–Crippen LogP) is 3.73. The van der Waals surface area contributed by atoms with Gasteiger partial charge in [-0.05, 0) is 17.5 Å². The van der Waals surface area contributed by atoms with Crippen LogP contribution in [0.15, 0.2) is 76.2 Å². The zero-order valence-electron chi connectivity index (χ0n) is 15.9. The van der Waals surface area contributed by atoms with Gasteiger partial charge >= 0.3 is 0 Å². The van der Waals surface area contributed by atoms with Gasteiger partial charge in [0.15, 0.2) is 11.7 Å². The Morgan fingerprint density at radius 1 is 1.00 bits per heavy atom. The van der Waals surface area contributed by atoms with E-state index >= 15 is 0 Å². The summed E-state index contributed by atoms with van der Waals surface area (Å²) in [5.74, 6) is 1.78. The molecular weight excluding hydrogens is 336 g/mol. The molecule has 0 fully saturated rings. The van der Waals surface area contributed by atoms with E-state index in [1.54, 1.807) is 7.05 Å². The van der Waals surface area contributed by atoms with Crippen LogP contribution < -0.4 is 10.6 Å². The van der Waals surface area contributed by atoms with Crippen LogP contribution in [0, 0.1) is 0 Å². The first-order valence-electron chi connectivity index (χ1n) is 9.29. The minimum atomic E-state index is 0.239. The second-order valence-corrected chi connectivity index (χ2v) is 6.32. The normalized spacial score (nSPS) is 11.6. The van der Waals surface area contributed by atoms with Gasteiger partial charge in [-0.15, -0.1) is 0 Å². The fourth-order valence-corrected chi connectivity index (χ4v) is 2.99. The molecule has 0 aliphatic rings. The number of aliphatic imine (C=N–C) groups is 1. The topological polar surface area (TPSA) is 62.5 Å². The van der Waals surface area contributed by atoms with Crippen molar-refractivity contribution in [3.8, 4) is 0 Å². The standard InChI is InChI=1S/C22H26N4O/c1-3-19-14-20(27-26-19)15-24-22(23-2)25-16-21(17-10-6-4-7-11-17)18-12-8-5-9-13-18/h4-14,21H,3,15-16H2,1-2H3,(H2,23,24,25). The number of nitrogens with one attached hydrogen (secondary N) is 2. The molecule has 0 saturated carbocycles. The van der Waals surface area contributed by atoms with E-state index in [1.165, 1.54) is 11.1 Å². The Hall–Kier alpha value is -3.08. The third-order valence-electron chi connectivity index (χ3n) is 4.50. The van der Waals surface area contributed by atoms with E-state index in [4.69, 9.17) is 4.52 Å². The maximum absolute atomic E-state index is 5.32. The van der Waals surface area contributed by atoms with Gasteiger partial charge in [0.2, 0.25) is 0 Å². The lowest BCUT2D eigenvalue weighted by Crippen LogP contribution is -2.39. The summed E-state index contributed by atoms with van der Waals surface area (Å²) >= 11 is 0. The Kier molecular flexibility index (Phi) is 6.63. The van der Waals surface area contributed by atoms with Crippen LogP contribution in [0.2, 0.25) is 0 Å². The average molecular weight is 362 g/mol. The van der Waals surface area contributed by atoms with E-state index in [1.807, 2.05) is 18.2 Å². The Bertz CT molecular complexity index is 804. The second-order valence-electron chi connectivity index (χ2n) is 6.32. The van der Waals surface area contributed by atoms with Crippen molar-refractivity contribution in [2.45, 2.75) is 25.8 Å². The molecule has 0 spiro atoms. The molecular formula is C22H26N4O. The first-order chi connectivity index (χ1) is 13.3. The maximum Gasteiger partial charge on any atom is 0.191 e. The Balaban J connectivity index is 1.64. The molecule has 0 aliphatic carbocycles. The van der Waals surface area contributed by atoms with Crippen molar-refractivity contribution < 1.29 is 4.52 Å². The van der Waals surface area contributed by atoms with E-state index in [-0.39, 0.29) is 5.92 Å². The fraction of sp³-hybridized carbons (Fsp3) is 0.273. The summed E-state index contributed by atoms with van der Waals surface area (Å²) in [6, 6.07) is 23.0. The smallest absolute Gasteiger partial charge is 0.191 e. The van der Waals surface area contributed by atoms with E-state index < -0.39 is 0 Å². The number of hydrogen-bond acceptors (Lipinski definition) is 3. The maximum atomic E-state index is 5.32. The SMILES string of the molecule is CCc1cc(CNC(=NC)NCC(c2ccccc2)c2ccccc2)on1. The van der Waals surface area contributed by atoms with E-state index in [2.05, 4.69) is 76.2 Å². The molecule has 0 unspecified atom stereocenters. The number of benzene rings is 2. The van der Waals surface area contributed by atoms with Gasteiger partial charge in [-0.2, -0.15) is 0 Å². The van der Waals surface area contributed by atoms with Crippen molar-refractivity contribution in [2.24, 2.45) is 4.99 Å².